The summed E-state index contributed by atoms with van der Waals surface area (Å²) in [5.74, 6) is -0.678. The molecule has 0 bridgehead atoms. The summed E-state index contributed by atoms with van der Waals surface area (Å²) in [5, 5.41) is 2.77. The first-order valence-electron chi connectivity index (χ1n) is 10.9. The molecule has 178 valence electrons. The van der Waals surface area contributed by atoms with Crippen molar-refractivity contribution >= 4 is 27.4 Å². The van der Waals surface area contributed by atoms with Gasteiger partial charge in [-0.1, -0.05) is 87.5 Å². The Labute approximate surface area is 201 Å². The molecule has 0 saturated carbocycles. The number of carbonyl (C=O) groups is 2. The third kappa shape index (κ3) is 5.98. The number of likely N-dealkylation sites (N-methyl/N-ethyl adjacent to an activating group) is 1. The van der Waals surface area contributed by atoms with Crippen LogP contribution in [0.25, 0.3) is 0 Å². The molecule has 3 rings (SSSR count). The molecule has 0 saturated heterocycles. The van der Waals surface area contributed by atoms with Gasteiger partial charge in [0, 0.05) is 23.9 Å². The Morgan fingerprint density at radius 2 is 1.47 bits per heavy atom. The highest BCUT2D eigenvalue weighted by Gasteiger charge is 2.31. The molecule has 3 aromatic rings. The summed E-state index contributed by atoms with van der Waals surface area (Å²) in [7, 11) is -2.27. The molecule has 1 atom stereocenters. The monoisotopic (exact) mass is 478 g/mol. The van der Waals surface area contributed by atoms with Crippen molar-refractivity contribution in [2.24, 2.45) is 0 Å². The molecular weight excluding hydrogens is 448 g/mol. The zero-order chi connectivity index (χ0) is 25.1. The molecule has 34 heavy (non-hydrogen) atoms. The zero-order valence-corrected chi connectivity index (χ0v) is 20.9. The molecule has 6 nitrogen and oxygen atoms in total. The molecule has 0 aromatic heterocycles. The molecule has 0 radical (unpaired) electrons. The predicted molar refractivity (Wildman–Crippen MR) is 135 cm³/mol. The fraction of sp³-hybridized carbons (Fsp3) is 0.259. The van der Waals surface area contributed by atoms with Gasteiger partial charge in [-0.3, -0.25) is 9.59 Å². The lowest BCUT2D eigenvalue weighted by molar-refractivity contribution is -0.119. The summed E-state index contributed by atoms with van der Waals surface area (Å²) in [6.07, 6.45) is 1.06. The van der Waals surface area contributed by atoms with Crippen molar-refractivity contribution < 1.29 is 18.0 Å². The Bertz CT molecular complexity index is 1280. The van der Waals surface area contributed by atoms with Gasteiger partial charge in [-0.2, -0.15) is 4.31 Å². The minimum absolute atomic E-state index is 0.0137. The van der Waals surface area contributed by atoms with Gasteiger partial charge in [0.15, 0.2) is 5.78 Å². The highest BCUT2D eigenvalue weighted by atomic mass is 32.2. The largest absolute Gasteiger partial charge is 0.324 e. The van der Waals surface area contributed by atoms with Crippen molar-refractivity contribution in [3.8, 4) is 0 Å². The molecule has 0 unspecified atom stereocenters. The zero-order valence-electron chi connectivity index (χ0n) is 20.1. The van der Waals surface area contributed by atoms with Crippen LogP contribution >= 0.6 is 0 Å². The van der Waals surface area contributed by atoms with Crippen molar-refractivity contribution in [3.63, 3.8) is 0 Å². The first-order chi connectivity index (χ1) is 15.9. The first-order valence-corrected chi connectivity index (χ1v) is 12.8. The van der Waals surface area contributed by atoms with E-state index in [1.54, 1.807) is 66.7 Å². The van der Waals surface area contributed by atoms with Crippen LogP contribution < -0.4 is 5.32 Å². The number of ketones is 1. The summed E-state index contributed by atoms with van der Waals surface area (Å²) in [5.41, 5.74) is 3.04. The minimum atomic E-state index is -3.64. The molecule has 0 aliphatic rings. The molecule has 0 aliphatic heterocycles. The van der Waals surface area contributed by atoms with Gasteiger partial charge in [-0.15, -0.1) is 0 Å². The smallest absolute Gasteiger partial charge is 0.247 e. The Morgan fingerprint density at radius 3 is 2.03 bits per heavy atom. The molecule has 0 heterocycles. The summed E-state index contributed by atoms with van der Waals surface area (Å²) in [6.45, 7) is 6.33. The molecule has 1 amide bonds. The number of nitrogens with zero attached hydrogens (tertiary/aromatic N) is 1. The van der Waals surface area contributed by atoms with Gasteiger partial charge in [-0.05, 0) is 28.7 Å². The van der Waals surface area contributed by atoms with Crippen LogP contribution in [0.5, 0.6) is 0 Å². The Balaban J connectivity index is 1.86. The Hall–Kier alpha value is -3.29. The second kappa shape index (κ2) is 9.91. The van der Waals surface area contributed by atoms with Crippen molar-refractivity contribution in [1.29, 1.82) is 0 Å². The average Bonchev–Trinajstić information content (AvgIpc) is 2.78. The van der Waals surface area contributed by atoms with Gasteiger partial charge >= 0.3 is 0 Å². The summed E-state index contributed by atoms with van der Waals surface area (Å²) < 4.78 is 25.4. The van der Waals surface area contributed by atoms with Crippen LogP contribution in [0.1, 0.15) is 53.9 Å². The van der Waals surface area contributed by atoms with Crippen molar-refractivity contribution in [2.75, 3.05) is 18.6 Å². The quantitative estimate of drug-likeness (QED) is 0.495. The van der Waals surface area contributed by atoms with Crippen molar-refractivity contribution in [1.82, 2.24) is 4.31 Å². The number of carbonyl (C=O) groups excluding carboxylic acids is 2. The molecule has 7 heteroatoms. The van der Waals surface area contributed by atoms with Gasteiger partial charge in [-0.25, -0.2) is 8.42 Å². The van der Waals surface area contributed by atoms with E-state index in [1.807, 2.05) is 12.1 Å². The molecule has 0 fully saturated rings. The van der Waals surface area contributed by atoms with Crippen LogP contribution in [-0.2, 0) is 20.2 Å². The number of hydrogen-bond acceptors (Lipinski definition) is 4. The van der Waals surface area contributed by atoms with E-state index in [2.05, 4.69) is 26.1 Å². The molecule has 3 aromatic carbocycles. The van der Waals surface area contributed by atoms with E-state index in [1.165, 1.54) is 7.05 Å². The fourth-order valence-electron chi connectivity index (χ4n) is 3.59. The minimum Gasteiger partial charge on any atom is -0.324 e. The number of nitrogens with one attached hydrogen (secondary N) is 1. The standard InChI is InChI=1S/C27H30N2O4S/c1-27(2,3)22-16-14-20(15-17-22)25(30)21-12-9-13-23(18-21)28-26(31)24(29(4)34(5,32)33)19-10-7-6-8-11-19/h6-18,24H,1-5H3,(H,28,31)/t24-/m1/s1. The van der Waals surface area contributed by atoms with Gasteiger partial charge in [0.25, 0.3) is 0 Å². The highest BCUT2D eigenvalue weighted by molar-refractivity contribution is 7.88. The molecule has 0 aliphatic carbocycles. The fourth-order valence-corrected chi connectivity index (χ4v) is 4.19. The summed E-state index contributed by atoms with van der Waals surface area (Å²) >= 11 is 0. The number of benzene rings is 3. The van der Waals surface area contributed by atoms with Crippen LogP contribution in [0.2, 0.25) is 0 Å². The Morgan fingerprint density at radius 1 is 0.853 bits per heavy atom. The second-order valence-corrected chi connectivity index (χ2v) is 11.4. The maximum absolute atomic E-state index is 13.2. The normalized spacial score (nSPS) is 12.9. The maximum Gasteiger partial charge on any atom is 0.247 e. The third-order valence-electron chi connectivity index (χ3n) is 5.66. The average molecular weight is 479 g/mol. The van der Waals surface area contributed by atoms with E-state index in [0.717, 1.165) is 16.1 Å². The van der Waals surface area contributed by atoms with Crippen LogP contribution in [0.4, 0.5) is 5.69 Å². The van der Waals surface area contributed by atoms with Crippen LogP contribution in [0.3, 0.4) is 0 Å². The number of amides is 1. The number of rotatable bonds is 7. The van der Waals surface area contributed by atoms with Crippen LogP contribution in [0.15, 0.2) is 78.9 Å². The van der Waals surface area contributed by atoms with E-state index >= 15 is 0 Å². The Kier molecular flexibility index (Phi) is 7.38. The van der Waals surface area contributed by atoms with Crippen molar-refractivity contribution in [3.05, 3.63) is 101 Å². The lowest BCUT2D eigenvalue weighted by atomic mass is 9.86. The van der Waals surface area contributed by atoms with E-state index in [9.17, 15) is 18.0 Å². The predicted octanol–water partition coefficient (Wildman–Crippen LogP) is 4.79. The molecule has 1 N–H and O–H groups in total. The van der Waals surface area contributed by atoms with Gasteiger partial charge in [0.2, 0.25) is 15.9 Å². The highest BCUT2D eigenvalue weighted by Crippen LogP contribution is 2.25. The van der Waals surface area contributed by atoms with E-state index in [-0.39, 0.29) is 11.2 Å². The molecular formula is C27H30N2O4S. The number of anilines is 1. The second-order valence-electron chi connectivity index (χ2n) is 9.32. The lowest BCUT2D eigenvalue weighted by Crippen LogP contribution is -2.38. The van der Waals surface area contributed by atoms with Gasteiger partial charge < -0.3 is 5.32 Å². The van der Waals surface area contributed by atoms with Gasteiger partial charge in [0.05, 0.1) is 6.26 Å². The molecule has 0 spiro atoms. The maximum atomic E-state index is 13.2. The summed E-state index contributed by atoms with van der Waals surface area (Å²) in [4.78, 5) is 26.2. The lowest BCUT2D eigenvalue weighted by Gasteiger charge is -2.25. The van der Waals surface area contributed by atoms with E-state index in [0.29, 0.717) is 22.4 Å². The van der Waals surface area contributed by atoms with Crippen LogP contribution in [0, 0.1) is 0 Å². The summed E-state index contributed by atoms with van der Waals surface area (Å²) in [6, 6.07) is 21.8. The van der Waals surface area contributed by atoms with E-state index in [4.69, 9.17) is 0 Å². The van der Waals surface area contributed by atoms with Crippen LogP contribution in [-0.4, -0.2) is 37.7 Å². The van der Waals surface area contributed by atoms with E-state index < -0.39 is 22.0 Å². The third-order valence-corrected chi connectivity index (χ3v) is 6.91. The SMILES string of the molecule is CN([C@@H](C(=O)Nc1cccc(C(=O)c2ccc(C(C)(C)C)cc2)c1)c1ccccc1)S(C)(=O)=O. The number of hydrogen-bond donors (Lipinski definition) is 1. The van der Waals surface area contributed by atoms with Gasteiger partial charge in [0.1, 0.15) is 6.04 Å². The topological polar surface area (TPSA) is 83.6 Å². The first kappa shape index (κ1) is 25.3. The number of sulfonamides is 1. The van der Waals surface area contributed by atoms with Crippen molar-refractivity contribution in [2.45, 2.75) is 32.2 Å².